The van der Waals surface area contributed by atoms with Gasteiger partial charge in [0.15, 0.2) is 5.82 Å². The number of hydrogen-bond donors (Lipinski definition) is 3. The molecule has 1 aromatic carbocycles. The Morgan fingerprint density at radius 1 is 1.40 bits per heavy atom. The molecule has 2 rings (SSSR count). The highest BCUT2D eigenvalue weighted by Crippen LogP contribution is 2.17. The lowest BCUT2D eigenvalue weighted by Crippen LogP contribution is -2.25. The van der Waals surface area contributed by atoms with Crippen LogP contribution < -0.4 is 16.6 Å². The summed E-state index contributed by atoms with van der Waals surface area (Å²) in [7, 11) is 0. The van der Waals surface area contributed by atoms with E-state index in [1.165, 1.54) is 0 Å². The molecule has 104 valence electrons. The standard InChI is InChI=1S/C14H15BrN4O/c1-9-3-2-4-10(5-9)7-18-14(20)12-6-11(15)8-17-13(12)19-16/h2-6,8H,7,16H2,1H3,(H,17,19)(H,18,20). The van der Waals surface area contributed by atoms with Crippen molar-refractivity contribution in [1.82, 2.24) is 10.3 Å². The van der Waals surface area contributed by atoms with Crippen molar-refractivity contribution in [3.05, 3.63) is 57.7 Å². The van der Waals surface area contributed by atoms with Crippen LogP contribution in [0.1, 0.15) is 21.5 Å². The molecular formula is C14H15BrN4O. The number of carbonyl (C=O) groups excluding carboxylic acids is 1. The zero-order valence-corrected chi connectivity index (χ0v) is 12.6. The van der Waals surface area contributed by atoms with Crippen molar-refractivity contribution in [2.75, 3.05) is 5.43 Å². The van der Waals surface area contributed by atoms with E-state index in [-0.39, 0.29) is 5.91 Å². The van der Waals surface area contributed by atoms with E-state index < -0.39 is 0 Å². The number of nitrogens with two attached hydrogens (primary N) is 1. The average molecular weight is 335 g/mol. The highest BCUT2D eigenvalue weighted by atomic mass is 79.9. The van der Waals surface area contributed by atoms with E-state index in [9.17, 15) is 4.79 Å². The van der Waals surface area contributed by atoms with E-state index in [0.717, 1.165) is 15.6 Å². The first-order valence-corrected chi connectivity index (χ1v) is 6.85. The summed E-state index contributed by atoms with van der Waals surface area (Å²) in [6.45, 7) is 2.47. The van der Waals surface area contributed by atoms with Gasteiger partial charge < -0.3 is 10.7 Å². The van der Waals surface area contributed by atoms with Gasteiger partial charge in [-0.05, 0) is 34.5 Å². The molecule has 6 heteroatoms. The van der Waals surface area contributed by atoms with E-state index in [0.29, 0.717) is 17.9 Å². The third-order valence-electron chi connectivity index (χ3n) is 2.77. The number of hydrazine groups is 1. The number of nitrogen functional groups attached to an aromatic ring is 1. The van der Waals surface area contributed by atoms with Gasteiger partial charge in [0.25, 0.3) is 5.91 Å². The summed E-state index contributed by atoms with van der Waals surface area (Å²) in [5.74, 6) is 5.47. The van der Waals surface area contributed by atoms with Crippen LogP contribution in [0.25, 0.3) is 0 Å². The highest BCUT2D eigenvalue weighted by Gasteiger charge is 2.12. The lowest BCUT2D eigenvalue weighted by atomic mass is 10.1. The van der Waals surface area contributed by atoms with Crippen molar-refractivity contribution >= 4 is 27.7 Å². The third kappa shape index (κ3) is 3.55. The number of pyridine rings is 1. The Hall–Kier alpha value is -1.92. The fourth-order valence-electron chi connectivity index (χ4n) is 1.83. The minimum Gasteiger partial charge on any atom is -0.348 e. The summed E-state index contributed by atoms with van der Waals surface area (Å²) < 4.78 is 0.720. The summed E-state index contributed by atoms with van der Waals surface area (Å²) in [5, 5.41) is 2.85. The summed E-state index contributed by atoms with van der Waals surface area (Å²) in [6.07, 6.45) is 1.58. The zero-order valence-electron chi connectivity index (χ0n) is 11.0. The molecule has 20 heavy (non-hydrogen) atoms. The lowest BCUT2D eigenvalue weighted by molar-refractivity contribution is 0.0951. The average Bonchev–Trinajstić information content (AvgIpc) is 2.45. The number of aryl methyl sites for hydroxylation is 1. The first-order valence-electron chi connectivity index (χ1n) is 6.06. The molecule has 0 fully saturated rings. The van der Waals surface area contributed by atoms with Gasteiger partial charge in [-0.25, -0.2) is 10.8 Å². The number of benzene rings is 1. The Bertz CT molecular complexity index is 630. The van der Waals surface area contributed by atoms with Crippen LogP contribution in [0, 0.1) is 6.92 Å². The Labute approximate surface area is 125 Å². The van der Waals surface area contributed by atoms with Crippen molar-refractivity contribution in [3.8, 4) is 0 Å². The molecule has 1 aromatic heterocycles. The summed E-state index contributed by atoms with van der Waals surface area (Å²) >= 11 is 3.29. The summed E-state index contributed by atoms with van der Waals surface area (Å²) in [6, 6.07) is 9.65. The van der Waals surface area contributed by atoms with Gasteiger partial charge in [0.1, 0.15) is 0 Å². The second-order valence-corrected chi connectivity index (χ2v) is 5.28. The predicted octanol–water partition coefficient (Wildman–Crippen LogP) is 2.37. The van der Waals surface area contributed by atoms with Gasteiger partial charge in [0.05, 0.1) is 5.56 Å². The summed E-state index contributed by atoms with van der Waals surface area (Å²) in [5.41, 5.74) is 5.02. The SMILES string of the molecule is Cc1cccc(CNC(=O)c2cc(Br)cnc2NN)c1. The Balaban J connectivity index is 2.10. The normalized spacial score (nSPS) is 10.2. The monoisotopic (exact) mass is 334 g/mol. The van der Waals surface area contributed by atoms with Crippen molar-refractivity contribution in [2.45, 2.75) is 13.5 Å². The Morgan fingerprint density at radius 2 is 2.20 bits per heavy atom. The number of anilines is 1. The molecule has 2 aromatic rings. The smallest absolute Gasteiger partial charge is 0.255 e. The number of amides is 1. The van der Waals surface area contributed by atoms with Gasteiger partial charge in [-0.15, -0.1) is 0 Å². The molecule has 0 bridgehead atoms. The van der Waals surface area contributed by atoms with E-state index in [1.807, 2.05) is 31.2 Å². The second-order valence-electron chi connectivity index (χ2n) is 4.37. The van der Waals surface area contributed by atoms with Crippen LogP contribution >= 0.6 is 15.9 Å². The number of hydrogen-bond acceptors (Lipinski definition) is 4. The molecule has 1 heterocycles. The van der Waals surface area contributed by atoms with Crippen LogP contribution in [0.4, 0.5) is 5.82 Å². The number of halogens is 1. The summed E-state index contributed by atoms with van der Waals surface area (Å²) in [4.78, 5) is 16.2. The van der Waals surface area contributed by atoms with Crippen LogP contribution in [0.3, 0.4) is 0 Å². The zero-order chi connectivity index (χ0) is 14.5. The Kier molecular flexibility index (Phi) is 4.70. The number of rotatable bonds is 4. The van der Waals surface area contributed by atoms with Crippen LogP contribution in [0.15, 0.2) is 41.0 Å². The van der Waals surface area contributed by atoms with Gasteiger partial charge in [-0.1, -0.05) is 29.8 Å². The minimum atomic E-state index is -0.228. The van der Waals surface area contributed by atoms with E-state index in [4.69, 9.17) is 5.84 Å². The quantitative estimate of drug-likeness (QED) is 0.592. The molecule has 0 saturated carbocycles. The molecule has 0 atom stereocenters. The van der Waals surface area contributed by atoms with Crippen LogP contribution in [-0.2, 0) is 6.54 Å². The predicted molar refractivity (Wildman–Crippen MR) is 82.1 cm³/mol. The molecule has 0 saturated heterocycles. The molecule has 0 aliphatic heterocycles. The van der Waals surface area contributed by atoms with Gasteiger partial charge in [0, 0.05) is 17.2 Å². The molecule has 0 aliphatic rings. The van der Waals surface area contributed by atoms with E-state index >= 15 is 0 Å². The fraction of sp³-hybridized carbons (Fsp3) is 0.143. The molecule has 4 N–H and O–H groups in total. The van der Waals surface area contributed by atoms with Crippen molar-refractivity contribution in [1.29, 1.82) is 0 Å². The van der Waals surface area contributed by atoms with Crippen molar-refractivity contribution in [2.24, 2.45) is 5.84 Å². The molecule has 0 unspecified atom stereocenters. The first-order chi connectivity index (χ1) is 9.60. The molecule has 1 amide bonds. The maximum absolute atomic E-state index is 12.2. The first kappa shape index (κ1) is 14.5. The molecule has 0 radical (unpaired) electrons. The van der Waals surface area contributed by atoms with Gasteiger partial charge >= 0.3 is 0 Å². The maximum atomic E-state index is 12.2. The third-order valence-corrected chi connectivity index (χ3v) is 3.20. The number of carbonyl (C=O) groups is 1. The van der Waals surface area contributed by atoms with Crippen molar-refractivity contribution < 1.29 is 4.79 Å². The lowest BCUT2D eigenvalue weighted by Gasteiger charge is -2.09. The maximum Gasteiger partial charge on any atom is 0.255 e. The molecule has 5 nitrogen and oxygen atoms in total. The van der Waals surface area contributed by atoms with Crippen LogP contribution in [0.5, 0.6) is 0 Å². The topological polar surface area (TPSA) is 80.0 Å². The van der Waals surface area contributed by atoms with Crippen molar-refractivity contribution in [3.63, 3.8) is 0 Å². The Morgan fingerprint density at radius 3 is 2.90 bits per heavy atom. The van der Waals surface area contributed by atoms with Gasteiger partial charge in [0.2, 0.25) is 0 Å². The molecule has 0 aliphatic carbocycles. The molecule has 0 spiro atoms. The fourth-order valence-corrected chi connectivity index (χ4v) is 2.16. The van der Waals surface area contributed by atoms with E-state index in [2.05, 4.69) is 31.7 Å². The highest BCUT2D eigenvalue weighted by molar-refractivity contribution is 9.10. The van der Waals surface area contributed by atoms with Gasteiger partial charge in [-0.3, -0.25) is 4.79 Å². The minimum absolute atomic E-state index is 0.228. The number of nitrogens with one attached hydrogen (secondary N) is 2. The van der Waals surface area contributed by atoms with Crippen LogP contribution in [-0.4, -0.2) is 10.9 Å². The number of nitrogens with zero attached hydrogens (tertiary/aromatic N) is 1. The van der Waals surface area contributed by atoms with E-state index in [1.54, 1.807) is 12.3 Å². The number of aromatic nitrogens is 1. The molecular weight excluding hydrogens is 320 g/mol. The van der Waals surface area contributed by atoms with Gasteiger partial charge in [-0.2, -0.15) is 0 Å². The van der Waals surface area contributed by atoms with Crippen LogP contribution in [0.2, 0.25) is 0 Å². The largest absolute Gasteiger partial charge is 0.348 e. The second kappa shape index (κ2) is 6.49.